The van der Waals surface area contributed by atoms with E-state index in [-0.39, 0.29) is 16.8 Å². The van der Waals surface area contributed by atoms with Gasteiger partial charge in [-0.1, -0.05) is 0 Å². The van der Waals surface area contributed by atoms with E-state index in [0.717, 1.165) is 19.5 Å². The number of ether oxygens (including phenoxy) is 1. The number of aromatic amines is 1. The van der Waals surface area contributed by atoms with Gasteiger partial charge in [0, 0.05) is 24.6 Å². The third-order valence-electron chi connectivity index (χ3n) is 3.55. The van der Waals surface area contributed by atoms with Gasteiger partial charge in [0.25, 0.3) is 5.56 Å². The van der Waals surface area contributed by atoms with Gasteiger partial charge in [0.2, 0.25) is 0 Å². The molecule has 21 heavy (non-hydrogen) atoms. The largest absolute Gasteiger partial charge is 0.486 e. The fourth-order valence-corrected chi connectivity index (χ4v) is 2.41. The first-order valence-corrected chi connectivity index (χ1v) is 6.64. The fourth-order valence-electron chi connectivity index (χ4n) is 2.41. The second-order valence-corrected chi connectivity index (χ2v) is 5.00. The average Bonchev–Trinajstić information content (AvgIpc) is 2.97. The highest BCUT2D eigenvalue weighted by Gasteiger charge is 2.21. The van der Waals surface area contributed by atoms with E-state index in [4.69, 9.17) is 4.74 Å². The monoisotopic (exact) mass is 290 g/mol. The fraction of sp³-hybridized carbons (Fsp3) is 0.385. The predicted octanol–water partition coefficient (Wildman–Crippen LogP) is 0.820. The molecule has 1 unspecified atom stereocenters. The number of nitro groups is 1. The van der Waals surface area contributed by atoms with Gasteiger partial charge in [0.15, 0.2) is 5.75 Å². The molecule has 1 aliphatic heterocycles. The van der Waals surface area contributed by atoms with Gasteiger partial charge in [0.05, 0.1) is 28.8 Å². The zero-order valence-electron chi connectivity index (χ0n) is 11.2. The first-order chi connectivity index (χ1) is 10.1. The minimum atomic E-state index is -0.548. The topological polar surface area (TPSA) is 110 Å². The highest BCUT2D eigenvalue weighted by Crippen LogP contribution is 2.30. The number of nitro benzene ring substituents is 1. The van der Waals surface area contributed by atoms with Crippen LogP contribution in [0.4, 0.5) is 5.69 Å². The van der Waals surface area contributed by atoms with E-state index in [1.54, 1.807) is 0 Å². The molecule has 3 rings (SSSR count). The van der Waals surface area contributed by atoms with Crippen LogP contribution < -0.4 is 15.6 Å². The summed E-state index contributed by atoms with van der Waals surface area (Å²) in [5.41, 5.74) is -0.245. The quantitative estimate of drug-likeness (QED) is 0.637. The molecule has 1 aliphatic rings. The van der Waals surface area contributed by atoms with E-state index >= 15 is 0 Å². The van der Waals surface area contributed by atoms with Crippen LogP contribution in [0, 0.1) is 16.0 Å². The molecule has 0 bridgehead atoms. The van der Waals surface area contributed by atoms with Crippen LogP contribution in [0.5, 0.6) is 5.75 Å². The molecule has 1 atom stereocenters. The molecule has 8 heteroatoms. The van der Waals surface area contributed by atoms with Crippen LogP contribution in [-0.2, 0) is 0 Å². The molecule has 110 valence electrons. The molecule has 0 radical (unpaired) electrons. The summed E-state index contributed by atoms with van der Waals surface area (Å²) in [6, 6.07) is 2.66. The van der Waals surface area contributed by atoms with Crippen molar-refractivity contribution >= 4 is 16.6 Å². The van der Waals surface area contributed by atoms with Crippen LogP contribution >= 0.6 is 0 Å². The Balaban J connectivity index is 1.97. The van der Waals surface area contributed by atoms with Crippen molar-refractivity contribution in [3.8, 4) is 5.75 Å². The van der Waals surface area contributed by atoms with Gasteiger partial charge in [0.1, 0.15) is 0 Å². The summed E-state index contributed by atoms with van der Waals surface area (Å²) in [6.45, 7) is 2.19. The Morgan fingerprint density at radius 2 is 2.33 bits per heavy atom. The Kier molecular flexibility index (Phi) is 3.53. The van der Waals surface area contributed by atoms with Gasteiger partial charge in [-0.2, -0.15) is 0 Å². The Bertz CT molecular complexity index is 737. The summed E-state index contributed by atoms with van der Waals surface area (Å²) >= 11 is 0. The average molecular weight is 290 g/mol. The molecular formula is C13H14N4O4. The van der Waals surface area contributed by atoms with Crippen molar-refractivity contribution in [1.29, 1.82) is 0 Å². The summed E-state index contributed by atoms with van der Waals surface area (Å²) in [5, 5.41) is 14.5. The van der Waals surface area contributed by atoms with Gasteiger partial charge >= 0.3 is 5.69 Å². The van der Waals surface area contributed by atoms with Gasteiger partial charge in [-0.15, -0.1) is 0 Å². The number of nitrogens with zero attached hydrogens (tertiary/aromatic N) is 2. The van der Waals surface area contributed by atoms with Crippen molar-refractivity contribution in [2.75, 3.05) is 19.7 Å². The Hall–Kier alpha value is -2.48. The molecule has 0 saturated carbocycles. The number of hydrogen-bond donors (Lipinski definition) is 2. The smallest absolute Gasteiger partial charge is 0.311 e. The second-order valence-electron chi connectivity index (χ2n) is 5.00. The first kappa shape index (κ1) is 13.5. The van der Waals surface area contributed by atoms with Crippen molar-refractivity contribution in [1.82, 2.24) is 15.3 Å². The first-order valence-electron chi connectivity index (χ1n) is 6.64. The Morgan fingerprint density at radius 1 is 1.48 bits per heavy atom. The summed E-state index contributed by atoms with van der Waals surface area (Å²) in [4.78, 5) is 28.7. The second kappa shape index (κ2) is 5.49. The van der Waals surface area contributed by atoms with Crippen LogP contribution in [-0.4, -0.2) is 34.6 Å². The van der Waals surface area contributed by atoms with Gasteiger partial charge in [-0.25, -0.2) is 4.98 Å². The standard InChI is InChI=1S/C13H14N4O4/c18-13-9-3-11(17(19)20)12(4-10(9)15-7-16-13)21-6-8-1-2-14-5-8/h3-4,7-8,14H,1-2,5-6H2,(H,15,16,18). The molecule has 8 nitrogen and oxygen atoms in total. The number of H-pyrrole nitrogens is 1. The van der Waals surface area contributed by atoms with Crippen molar-refractivity contribution in [3.63, 3.8) is 0 Å². The minimum Gasteiger partial charge on any atom is -0.486 e. The van der Waals surface area contributed by atoms with Crippen LogP contribution in [0.3, 0.4) is 0 Å². The highest BCUT2D eigenvalue weighted by molar-refractivity contribution is 5.82. The maximum atomic E-state index is 11.7. The van der Waals surface area contributed by atoms with Crippen LogP contribution in [0.1, 0.15) is 6.42 Å². The number of rotatable bonds is 4. The summed E-state index contributed by atoms with van der Waals surface area (Å²) in [7, 11) is 0. The molecule has 1 aromatic heterocycles. The number of fused-ring (bicyclic) bond motifs is 1. The van der Waals surface area contributed by atoms with Gasteiger partial charge < -0.3 is 15.0 Å². The van der Waals surface area contributed by atoms with Crippen LogP contribution in [0.2, 0.25) is 0 Å². The van der Waals surface area contributed by atoms with Crippen molar-refractivity contribution in [2.45, 2.75) is 6.42 Å². The van der Waals surface area contributed by atoms with E-state index in [2.05, 4.69) is 15.3 Å². The lowest BCUT2D eigenvalue weighted by molar-refractivity contribution is -0.385. The molecule has 0 amide bonds. The number of aromatic nitrogens is 2. The predicted molar refractivity (Wildman–Crippen MR) is 75.5 cm³/mol. The minimum absolute atomic E-state index is 0.150. The molecule has 2 heterocycles. The zero-order chi connectivity index (χ0) is 14.8. The molecule has 0 aliphatic carbocycles. The lowest BCUT2D eigenvalue weighted by atomic mass is 10.1. The molecule has 1 fully saturated rings. The van der Waals surface area contributed by atoms with Crippen LogP contribution in [0.25, 0.3) is 10.9 Å². The maximum absolute atomic E-state index is 11.7. The van der Waals surface area contributed by atoms with E-state index < -0.39 is 10.5 Å². The van der Waals surface area contributed by atoms with E-state index in [1.807, 2.05) is 0 Å². The molecular weight excluding hydrogens is 276 g/mol. The van der Waals surface area contributed by atoms with Crippen molar-refractivity contribution in [3.05, 3.63) is 38.9 Å². The SMILES string of the molecule is O=c1[nH]cnc2cc(OCC3CCNC3)c([N+](=O)[O-])cc12. The third-order valence-corrected chi connectivity index (χ3v) is 3.55. The molecule has 0 spiro atoms. The number of benzene rings is 1. The lowest BCUT2D eigenvalue weighted by Gasteiger charge is -2.11. The molecule has 2 aromatic rings. The Morgan fingerprint density at radius 3 is 3.05 bits per heavy atom. The van der Waals surface area contributed by atoms with E-state index in [9.17, 15) is 14.9 Å². The Labute approximate surface area is 119 Å². The zero-order valence-corrected chi connectivity index (χ0v) is 11.2. The normalized spacial score (nSPS) is 18.0. The summed E-state index contributed by atoms with van der Waals surface area (Å²) in [5.74, 6) is 0.491. The van der Waals surface area contributed by atoms with Crippen LogP contribution in [0.15, 0.2) is 23.3 Å². The van der Waals surface area contributed by atoms with Crippen molar-refractivity contribution in [2.24, 2.45) is 5.92 Å². The molecule has 2 N–H and O–H groups in total. The molecule has 1 saturated heterocycles. The summed E-state index contributed by atoms with van der Waals surface area (Å²) in [6.07, 6.45) is 2.25. The van der Waals surface area contributed by atoms with Crippen molar-refractivity contribution < 1.29 is 9.66 Å². The van der Waals surface area contributed by atoms with E-state index in [0.29, 0.717) is 18.0 Å². The third kappa shape index (κ3) is 2.70. The van der Waals surface area contributed by atoms with Gasteiger partial charge in [-0.05, 0) is 13.0 Å². The lowest BCUT2D eigenvalue weighted by Crippen LogP contribution is -2.16. The number of nitrogens with one attached hydrogen (secondary N) is 2. The highest BCUT2D eigenvalue weighted by atomic mass is 16.6. The molecule has 1 aromatic carbocycles. The summed E-state index contributed by atoms with van der Waals surface area (Å²) < 4.78 is 5.60. The van der Waals surface area contributed by atoms with E-state index in [1.165, 1.54) is 18.5 Å². The van der Waals surface area contributed by atoms with Gasteiger partial charge in [-0.3, -0.25) is 14.9 Å². The number of hydrogen-bond acceptors (Lipinski definition) is 6. The maximum Gasteiger partial charge on any atom is 0.311 e.